The van der Waals surface area contributed by atoms with Crippen molar-refractivity contribution < 1.29 is 0 Å². The molecule has 0 bridgehead atoms. The summed E-state index contributed by atoms with van der Waals surface area (Å²) < 4.78 is 0. The molecule has 0 amide bonds. The second-order valence-electron chi connectivity index (χ2n) is 3.46. The molecular formula is C10H10ClN3. The first-order chi connectivity index (χ1) is 6.70. The van der Waals surface area contributed by atoms with Gasteiger partial charge in [-0.25, -0.2) is 0 Å². The molecule has 2 atom stereocenters. The van der Waals surface area contributed by atoms with Crippen molar-refractivity contribution in [3.8, 4) is 6.07 Å². The first kappa shape index (κ1) is 9.32. The number of hydrogen-bond acceptors (Lipinski definition) is 3. The number of nitriles is 1. The lowest BCUT2D eigenvalue weighted by Gasteiger charge is -2.06. The van der Waals surface area contributed by atoms with Gasteiger partial charge in [-0.3, -0.25) is 0 Å². The fraction of sp³-hybridized carbons (Fsp3) is 0.300. The van der Waals surface area contributed by atoms with Crippen LogP contribution in [-0.2, 0) is 0 Å². The van der Waals surface area contributed by atoms with E-state index in [1.54, 1.807) is 12.1 Å². The van der Waals surface area contributed by atoms with Crippen LogP contribution in [0.3, 0.4) is 0 Å². The van der Waals surface area contributed by atoms with E-state index in [0.29, 0.717) is 16.6 Å². The van der Waals surface area contributed by atoms with Gasteiger partial charge in [0.25, 0.3) is 0 Å². The predicted molar refractivity (Wildman–Crippen MR) is 56.2 cm³/mol. The van der Waals surface area contributed by atoms with E-state index in [0.717, 1.165) is 12.1 Å². The van der Waals surface area contributed by atoms with E-state index in [-0.39, 0.29) is 6.04 Å². The zero-order chi connectivity index (χ0) is 10.1. The molecular weight excluding hydrogens is 198 g/mol. The summed E-state index contributed by atoms with van der Waals surface area (Å²) in [7, 11) is 0. The van der Waals surface area contributed by atoms with Crippen LogP contribution in [-0.4, -0.2) is 12.1 Å². The van der Waals surface area contributed by atoms with Gasteiger partial charge in [-0.2, -0.15) is 5.26 Å². The molecule has 0 radical (unpaired) electrons. The maximum atomic E-state index is 8.64. The van der Waals surface area contributed by atoms with Crippen molar-refractivity contribution in [2.75, 3.05) is 5.32 Å². The van der Waals surface area contributed by atoms with Crippen molar-refractivity contribution >= 4 is 17.3 Å². The van der Waals surface area contributed by atoms with Gasteiger partial charge in [0.1, 0.15) is 0 Å². The van der Waals surface area contributed by atoms with Crippen molar-refractivity contribution in [1.29, 1.82) is 5.26 Å². The smallest absolute Gasteiger partial charge is 0.0992 e. The number of benzene rings is 1. The van der Waals surface area contributed by atoms with Crippen LogP contribution in [0.5, 0.6) is 0 Å². The Balaban J connectivity index is 2.15. The number of nitrogens with two attached hydrogens (primary N) is 1. The summed E-state index contributed by atoms with van der Waals surface area (Å²) >= 11 is 5.97. The molecule has 1 aromatic rings. The number of rotatable bonds is 2. The Bertz CT molecular complexity index is 397. The molecule has 1 aromatic carbocycles. The van der Waals surface area contributed by atoms with E-state index < -0.39 is 0 Å². The van der Waals surface area contributed by atoms with Crippen molar-refractivity contribution in [1.82, 2.24) is 0 Å². The molecule has 0 saturated heterocycles. The Morgan fingerprint density at radius 2 is 2.29 bits per heavy atom. The van der Waals surface area contributed by atoms with Gasteiger partial charge in [0.2, 0.25) is 0 Å². The van der Waals surface area contributed by atoms with Crippen LogP contribution in [0.2, 0.25) is 5.02 Å². The molecule has 72 valence electrons. The zero-order valence-electron chi connectivity index (χ0n) is 7.50. The third-order valence-corrected chi connectivity index (χ3v) is 2.59. The van der Waals surface area contributed by atoms with Gasteiger partial charge < -0.3 is 11.1 Å². The number of nitrogens with one attached hydrogen (secondary N) is 1. The molecule has 1 aliphatic rings. The maximum Gasteiger partial charge on any atom is 0.0992 e. The van der Waals surface area contributed by atoms with Crippen LogP contribution < -0.4 is 11.1 Å². The van der Waals surface area contributed by atoms with Crippen molar-refractivity contribution in [2.24, 2.45) is 5.73 Å². The molecule has 14 heavy (non-hydrogen) atoms. The first-order valence-corrected chi connectivity index (χ1v) is 4.80. The zero-order valence-corrected chi connectivity index (χ0v) is 8.25. The molecule has 2 rings (SSSR count). The van der Waals surface area contributed by atoms with Crippen molar-refractivity contribution in [2.45, 2.75) is 18.5 Å². The third kappa shape index (κ3) is 1.82. The molecule has 0 aliphatic heterocycles. The molecule has 1 fully saturated rings. The highest BCUT2D eigenvalue weighted by Crippen LogP contribution is 2.29. The molecule has 3 N–H and O–H groups in total. The molecule has 0 aromatic heterocycles. The van der Waals surface area contributed by atoms with Crippen LogP contribution in [0.15, 0.2) is 18.2 Å². The lowest BCUT2D eigenvalue weighted by atomic mass is 10.2. The second kappa shape index (κ2) is 3.49. The van der Waals surface area contributed by atoms with Gasteiger partial charge in [-0.1, -0.05) is 11.6 Å². The van der Waals surface area contributed by atoms with Crippen LogP contribution in [0.4, 0.5) is 5.69 Å². The fourth-order valence-corrected chi connectivity index (χ4v) is 1.52. The van der Waals surface area contributed by atoms with Gasteiger partial charge in [-0.15, -0.1) is 0 Å². The summed E-state index contributed by atoms with van der Waals surface area (Å²) in [5.74, 6) is 0. The molecule has 4 heteroatoms. The van der Waals surface area contributed by atoms with Crippen LogP contribution >= 0.6 is 11.6 Å². The minimum absolute atomic E-state index is 0.238. The molecule has 2 unspecified atom stereocenters. The summed E-state index contributed by atoms with van der Waals surface area (Å²) in [6.45, 7) is 0. The summed E-state index contributed by atoms with van der Waals surface area (Å²) in [5, 5.41) is 12.4. The summed E-state index contributed by atoms with van der Waals surface area (Å²) in [4.78, 5) is 0. The Morgan fingerprint density at radius 1 is 1.57 bits per heavy atom. The Kier molecular flexibility index (Phi) is 2.32. The minimum Gasteiger partial charge on any atom is -0.379 e. The minimum atomic E-state index is 0.238. The van der Waals surface area contributed by atoms with Crippen molar-refractivity contribution in [3.05, 3.63) is 28.8 Å². The molecule has 1 aliphatic carbocycles. The first-order valence-electron chi connectivity index (χ1n) is 4.42. The summed E-state index contributed by atoms with van der Waals surface area (Å²) in [6.07, 6.45) is 0.982. The highest BCUT2D eigenvalue weighted by molar-refractivity contribution is 6.33. The number of halogens is 1. The van der Waals surface area contributed by atoms with E-state index in [1.807, 2.05) is 12.1 Å². The van der Waals surface area contributed by atoms with Crippen LogP contribution in [0, 0.1) is 11.3 Å². The number of nitrogens with zero attached hydrogens (tertiary/aromatic N) is 1. The van der Waals surface area contributed by atoms with E-state index >= 15 is 0 Å². The van der Waals surface area contributed by atoms with E-state index in [4.69, 9.17) is 22.6 Å². The lowest BCUT2D eigenvalue weighted by Crippen LogP contribution is -2.13. The lowest BCUT2D eigenvalue weighted by molar-refractivity contribution is 1.01. The highest BCUT2D eigenvalue weighted by Gasteiger charge is 2.33. The molecule has 0 heterocycles. The van der Waals surface area contributed by atoms with Gasteiger partial charge >= 0.3 is 0 Å². The Hall–Kier alpha value is -1.24. The van der Waals surface area contributed by atoms with Gasteiger partial charge in [0, 0.05) is 12.1 Å². The standard InChI is InChI=1S/C10H10ClN3/c11-7-3-6(5-12)1-2-9(7)14-10-4-8(10)13/h1-3,8,10,14H,4,13H2. The average molecular weight is 208 g/mol. The van der Waals surface area contributed by atoms with Gasteiger partial charge in [-0.05, 0) is 24.6 Å². The number of hydrogen-bond donors (Lipinski definition) is 2. The van der Waals surface area contributed by atoms with E-state index in [1.165, 1.54) is 0 Å². The average Bonchev–Trinajstić information content (AvgIpc) is 2.85. The summed E-state index contributed by atoms with van der Waals surface area (Å²) in [5.41, 5.74) is 7.08. The monoisotopic (exact) mass is 207 g/mol. The largest absolute Gasteiger partial charge is 0.379 e. The molecule has 1 saturated carbocycles. The second-order valence-corrected chi connectivity index (χ2v) is 3.86. The summed E-state index contributed by atoms with van der Waals surface area (Å²) in [6, 6.07) is 7.81. The van der Waals surface area contributed by atoms with Gasteiger partial charge in [0.05, 0.1) is 22.3 Å². The van der Waals surface area contributed by atoms with Crippen LogP contribution in [0.25, 0.3) is 0 Å². The highest BCUT2D eigenvalue weighted by atomic mass is 35.5. The predicted octanol–water partition coefficient (Wildman–Crippen LogP) is 1.72. The normalized spacial score (nSPS) is 24.1. The molecule has 3 nitrogen and oxygen atoms in total. The number of anilines is 1. The maximum absolute atomic E-state index is 8.64. The van der Waals surface area contributed by atoms with E-state index in [2.05, 4.69) is 5.32 Å². The van der Waals surface area contributed by atoms with Crippen LogP contribution in [0.1, 0.15) is 12.0 Å². The Labute approximate surface area is 87.5 Å². The van der Waals surface area contributed by atoms with Gasteiger partial charge in [0.15, 0.2) is 0 Å². The SMILES string of the molecule is N#Cc1ccc(NC2CC2N)c(Cl)c1. The third-order valence-electron chi connectivity index (χ3n) is 2.28. The molecule has 0 spiro atoms. The topological polar surface area (TPSA) is 61.8 Å². The van der Waals surface area contributed by atoms with Crippen molar-refractivity contribution in [3.63, 3.8) is 0 Å². The Morgan fingerprint density at radius 3 is 2.79 bits per heavy atom. The quantitative estimate of drug-likeness (QED) is 0.777. The fourth-order valence-electron chi connectivity index (χ4n) is 1.28. The van der Waals surface area contributed by atoms with E-state index in [9.17, 15) is 0 Å².